The van der Waals surface area contributed by atoms with Gasteiger partial charge in [-0.1, -0.05) is 23.7 Å². The second-order valence-electron chi connectivity index (χ2n) is 6.51. The standard InChI is InChI=1S/C18H17ClN6O/c19-13-4-1-11(2-5-13)16(26)12-3-6-14(7-12)25-18-15(8-24-25)17(21-9-20)22-10-23-18/h1-2,4-5,8,10,12,14,16,26H,3,6-7H2,(H,21,22,23). The zero-order chi connectivity index (χ0) is 18.1. The van der Waals surface area contributed by atoms with Crippen molar-refractivity contribution in [1.82, 2.24) is 19.7 Å². The number of rotatable bonds is 4. The number of nitrogens with one attached hydrogen (secondary N) is 1. The Balaban J connectivity index is 1.56. The van der Waals surface area contributed by atoms with E-state index < -0.39 is 6.10 Å². The normalized spacial score (nSPS) is 20.8. The van der Waals surface area contributed by atoms with Crippen LogP contribution in [0.25, 0.3) is 11.0 Å². The van der Waals surface area contributed by atoms with Crippen molar-refractivity contribution in [1.29, 1.82) is 5.26 Å². The van der Waals surface area contributed by atoms with Crippen LogP contribution in [-0.2, 0) is 0 Å². The smallest absolute Gasteiger partial charge is 0.182 e. The minimum absolute atomic E-state index is 0.152. The summed E-state index contributed by atoms with van der Waals surface area (Å²) in [6, 6.07) is 7.50. The lowest BCUT2D eigenvalue weighted by molar-refractivity contribution is 0.109. The van der Waals surface area contributed by atoms with Gasteiger partial charge in [-0.15, -0.1) is 0 Å². The number of hydrogen-bond donors (Lipinski definition) is 2. The number of nitriles is 1. The topological polar surface area (TPSA) is 99.7 Å². The average Bonchev–Trinajstić information content (AvgIpc) is 3.29. The third-order valence-electron chi connectivity index (χ3n) is 5.01. The minimum atomic E-state index is -0.524. The van der Waals surface area contributed by atoms with Crippen LogP contribution in [0.5, 0.6) is 0 Å². The molecule has 132 valence electrons. The SMILES string of the molecule is N#CNc1ncnc2c1cnn2C1CCC(C(O)c2ccc(Cl)cc2)C1. The van der Waals surface area contributed by atoms with E-state index in [0.717, 1.165) is 30.2 Å². The van der Waals surface area contributed by atoms with Crippen molar-refractivity contribution >= 4 is 28.5 Å². The van der Waals surface area contributed by atoms with Gasteiger partial charge in [0, 0.05) is 5.02 Å². The van der Waals surface area contributed by atoms with Gasteiger partial charge in [0.15, 0.2) is 17.7 Å². The number of anilines is 1. The van der Waals surface area contributed by atoms with Crippen LogP contribution >= 0.6 is 11.6 Å². The molecule has 2 N–H and O–H groups in total. The van der Waals surface area contributed by atoms with Gasteiger partial charge in [0.25, 0.3) is 0 Å². The predicted octanol–water partition coefficient (Wildman–Crippen LogP) is 3.45. The Labute approximate surface area is 155 Å². The molecule has 2 aromatic heterocycles. The highest BCUT2D eigenvalue weighted by molar-refractivity contribution is 6.30. The molecule has 3 atom stereocenters. The van der Waals surface area contributed by atoms with Crippen LogP contribution in [0.3, 0.4) is 0 Å². The fourth-order valence-corrected chi connectivity index (χ4v) is 3.84. The van der Waals surface area contributed by atoms with Gasteiger partial charge in [0.2, 0.25) is 0 Å². The molecule has 8 heteroatoms. The summed E-state index contributed by atoms with van der Waals surface area (Å²) in [5.41, 5.74) is 1.58. The molecule has 0 aliphatic heterocycles. The molecule has 0 bridgehead atoms. The summed E-state index contributed by atoms with van der Waals surface area (Å²) in [5, 5.41) is 27.9. The molecule has 4 rings (SSSR count). The molecule has 0 spiro atoms. The maximum absolute atomic E-state index is 10.7. The summed E-state index contributed by atoms with van der Waals surface area (Å²) >= 11 is 5.93. The molecular formula is C18H17ClN6O. The Morgan fingerprint density at radius 2 is 2.08 bits per heavy atom. The molecular weight excluding hydrogens is 352 g/mol. The molecule has 26 heavy (non-hydrogen) atoms. The van der Waals surface area contributed by atoms with Crippen LogP contribution in [0, 0.1) is 17.4 Å². The number of nitrogens with zero attached hydrogens (tertiary/aromatic N) is 5. The summed E-state index contributed by atoms with van der Waals surface area (Å²) in [6.45, 7) is 0. The van der Waals surface area contributed by atoms with E-state index in [9.17, 15) is 5.11 Å². The highest BCUT2D eigenvalue weighted by atomic mass is 35.5. The summed E-state index contributed by atoms with van der Waals surface area (Å²) in [7, 11) is 0. The first-order valence-electron chi connectivity index (χ1n) is 8.44. The van der Waals surface area contributed by atoms with E-state index in [1.807, 2.05) is 23.0 Å². The Hall–Kier alpha value is -2.69. The number of benzene rings is 1. The Kier molecular flexibility index (Phi) is 4.45. The van der Waals surface area contributed by atoms with E-state index in [1.54, 1.807) is 18.3 Å². The van der Waals surface area contributed by atoms with E-state index in [1.165, 1.54) is 6.33 Å². The van der Waals surface area contributed by atoms with E-state index in [2.05, 4.69) is 20.4 Å². The number of aromatic nitrogens is 4. The van der Waals surface area contributed by atoms with Gasteiger partial charge in [0.05, 0.1) is 23.7 Å². The second-order valence-corrected chi connectivity index (χ2v) is 6.95. The molecule has 0 radical (unpaired) electrons. The van der Waals surface area contributed by atoms with Crippen LogP contribution in [0.4, 0.5) is 5.82 Å². The molecule has 1 aliphatic carbocycles. The van der Waals surface area contributed by atoms with Crippen molar-refractivity contribution in [3.05, 3.63) is 47.4 Å². The summed E-state index contributed by atoms with van der Waals surface area (Å²) < 4.78 is 1.88. The minimum Gasteiger partial charge on any atom is -0.388 e. The molecule has 3 unspecified atom stereocenters. The lowest BCUT2D eigenvalue weighted by atomic mass is 9.94. The number of fused-ring (bicyclic) bond motifs is 1. The van der Waals surface area contributed by atoms with Gasteiger partial charge in [-0.3, -0.25) is 5.32 Å². The Morgan fingerprint density at radius 1 is 1.27 bits per heavy atom. The van der Waals surface area contributed by atoms with Crippen molar-refractivity contribution in [2.24, 2.45) is 5.92 Å². The van der Waals surface area contributed by atoms with Gasteiger partial charge in [0.1, 0.15) is 6.33 Å². The van der Waals surface area contributed by atoms with Crippen molar-refractivity contribution < 1.29 is 5.11 Å². The first-order valence-corrected chi connectivity index (χ1v) is 8.82. The van der Waals surface area contributed by atoms with Crippen LogP contribution < -0.4 is 5.32 Å². The molecule has 7 nitrogen and oxygen atoms in total. The van der Waals surface area contributed by atoms with Gasteiger partial charge >= 0.3 is 0 Å². The van der Waals surface area contributed by atoms with Gasteiger partial charge in [-0.2, -0.15) is 10.4 Å². The van der Waals surface area contributed by atoms with Gasteiger partial charge in [-0.25, -0.2) is 14.6 Å². The van der Waals surface area contributed by atoms with Gasteiger partial charge < -0.3 is 5.11 Å². The number of aliphatic hydroxyl groups excluding tert-OH is 1. The third-order valence-corrected chi connectivity index (χ3v) is 5.27. The molecule has 1 aromatic carbocycles. The molecule has 0 saturated heterocycles. The Bertz CT molecular complexity index is 964. The third kappa shape index (κ3) is 2.98. The fraction of sp³-hybridized carbons (Fsp3) is 0.333. The molecule has 1 fully saturated rings. The number of hydrogen-bond acceptors (Lipinski definition) is 6. The quantitative estimate of drug-likeness (QED) is 0.540. The van der Waals surface area contributed by atoms with E-state index >= 15 is 0 Å². The largest absolute Gasteiger partial charge is 0.388 e. The molecule has 1 saturated carbocycles. The molecule has 0 amide bonds. The maximum Gasteiger partial charge on any atom is 0.182 e. The molecule has 2 heterocycles. The predicted molar refractivity (Wildman–Crippen MR) is 97.3 cm³/mol. The maximum atomic E-state index is 10.7. The average molecular weight is 369 g/mol. The lowest BCUT2D eigenvalue weighted by Gasteiger charge is -2.19. The lowest BCUT2D eigenvalue weighted by Crippen LogP contribution is -2.12. The number of aliphatic hydroxyl groups is 1. The first-order chi connectivity index (χ1) is 12.7. The van der Waals surface area contributed by atoms with Crippen molar-refractivity contribution in [3.63, 3.8) is 0 Å². The second kappa shape index (κ2) is 6.90. The van der Waals surface area contributed by atoms with Gasteiger partial charge in [-0.05, 0) is 42.9 Å². The van der Waals surface area contributed by atoms with Crippen LogP contribution in [0.2, 0.25) is 5.02 Å². The fourth-order valence-electron chi connectivity index (χ4n) is 3.71. The summed E-state index contributed by atoms with van der Waals surface area (Å²) in [5.74, 6) is 0.610. The highest BCUT2D eigenvalue weighted by Gasteiger charge is 2.33. The highest BCUT2D eigenvalue weighted by Crippen LogP contribution is 2.42. The number of halogens is 1. The Morgan fingerprint density at radius 3 is 2.85 bits per heavy atom. The molecule has 1 aliphatic rings. The molecule has 3 aromatic rings. The van der Waals surface area contributed by atoms with Crippen molar-refractivity contribution in [2.45, 2.75) is 31.4 Å². The van der Waals surface area contributed by atoms with Crippen molar-refractivity contribution in [3.8, 4) is 6.19 Å². The zero-order valence-corrected chi connectivity index (χ0v) is 14.6. The van der Waals surface area contributed by atoms with E-state index in [0.29, 0.717) is 16.5 Å². The summed E-state index contributed by atoms with van der Waals surface area (Å²) in [6.07, 6.45) is 7.09. The van der Waals surface area contributed by atoms with Crippen LogP contribution in [-0.4, -0.2) is 24.9 Å². The zero-order valence-electron chi connectivity index (χ0n) is 13.9. The van der Waals surface area contributed by atoms with Crippen LogP contribution in [0.1, 0.15) is 37.0 Å². The monoisotopic (exact) mass is 368 g/mol. The van der Waals surface area contributed by atoms with E-state index in [4.69, 9.17) is 16.9 Å². The van der Waals surface area contributed by atoms with Crippen LogP contribution in [0.15, 0.2) is 36.8 Å². The van der Waals surface area contributed by atoms with Crippen molar-refractivity contribution in [2.75, 3.05) is 5.32 Å². The van der Waals surface area contributed by atoms with E-state index in [-0.39, 0.29) is 12.0 Å². The first kappa shape index (κ1) is 16.8. The summed E-state index contributed by atoms with van der Waals surface area (Å²) in [4.78, 5) is 8.41.